The quantitative estimate of drug-likeness (QED) is 0.537. The Labute approximate surface area is 140 Å². The number of hydrogen-bond donors (Lipinski definition) is 0. The molecule has 2 aliphatic carbocycles. The molecule has 0 saturated heterocycles. The fourth-order valence-electron chi connectivity index (χ4n) is 4.68. The summed E-state index contributed by atoms with van der Waals surface area (Å²) in [5.74, 6) is -0.365. The summed E-state index contributed by atoms with van der Waals surface area (Å²) >= 11 is 0. The lowest BCUT2D eigenvalue weighted by molar-refractivity contribution is 0.150. The first-order valence-corrected chi connectivity index (χ1v) is 9.16. The summed E-state index contributed by atoms with van der Waals surface area (Å²) in [4.78, 5) is 0. The second kappa shape index (κ2) is 7.27. The van der Waals surface area contributed by atoms with E-state index in [1.54, 1.807) is 0 Å². The molecule has 2 fully saturated rings. The molecule has 0 aliphatic heterocycles. The molecule has 0 N–H and O–H groups in total. The van der Waals surface area contributed by atoms with Crippen LogP contribution in [-0.4, -0.2) is 0 Å². The molecule has 132 valence electrons. The molecule has 0 unspecified atom stereocenters. The minimum absolute atomic E-state index is 0. The normalized spacial score (nSPS) is 32.0. The third-order valence-electron chi connectivity index (χ3n) is 6.19. The highest BCUT2D eigenvalue weighted by molar-refractivity contribution is 5.20. The largest absolute Gasteiger partial charge is 0.204 e. The van der Waals surface area contributed by atoms with Gasteiger partial charge in [-0.3, -0.25) is 0 Å². The molecule has 23 heavy (non-hydrogen) atoms. The Bertz CT molecular complexity index is 511. The van der Waals surface area contributed by atoms with Crippen LogP contribution in [0.5, 0.6) is 0 Å². The van der Waals surface area contributed by atoms with Gasteiger partial charge < -0.3 is 0 Å². The highest BCUT2D eigenvalue weighted by Gasteiger charge is 2.30. The van der Waals surface area contributed by atoms with E-state index in [0.717, 1.165) is 42.7 Å². The average Bonchev–Trinajstić information content (AvgIpc) is 2.54. The van der Waals surface area contributed by atoms with Gasteiger partial charge in [0.15, 0.2) is 17.5 Å². The number of hydrogen-bond acceptors (Lipinski definition) is 0. The third kappa shape index (κ3) is 4.10. The highest BCUT2D eigenvalue weighted by atomic mass is 19.2. The minimum atomic E-state index is -1.36. The fraction of sp³-hybridized carbons (Fsp3) is 0.700. The predicted octanol–water partition coefficient (Wildman–Crippen LogP) is 6.77. The van der Waals surface area contributed by atoms with Crippen molar-refractivity contribution in [3.05, 3.63) is 35.1 Å². The monoisotopic (exact) mass is 328 g/mol. The van der Waals surface area contributed by atoms with Crippen molar-refractivity contribution in [2.45, 2.75) is 64.7 Å². The molecule has 0 amide bonds. The Morgan fingerprint density at radius 2 is 1.30 bits per heavy atom. The smallest absolute Gasteiger partial charge is 0.194 e. The SMILES string of the molecule is CC1CCC(C2CCC(Cc3cc(F)c(F)c(F)c3)CC2)CC1.[HH].[HH]. The molecular formula is C20H31F3. The van der Waals surface area contributed by atoms with Crippen molar-refractivity contribution >= 4 is 0 Å². The van der Waals surface area contributed by atoms with Crippen molar-refractivity contribution in [3.8, 4) is 0 Å². The maximum atomic E-state index is 13.3. The molecular weight excluding hydrogens is 297 g/mol. The minimum Gasteiger partial charge on any atom is -0.204 e. The van der Waals surface area contributed by atoms with E-state index in [1.165, 1.54) is 38.5 Å². The van der Waals surface area contributed by atoms with Crippen LogP contribution >= 0.6 is 0 Å². The fourth-order valence-corrected chi connectivity index (χ4v) is 4.68. The Morgan fingerprint density at radius 3 is 1.83 bits per heavy atom. The van der Waals surface area contributed by atoms with Gasteiger partial charge >= 0.3 is 0 Å². The zero-order chi connectivity index (χ0) is 16.4. The van der Waals surface area contributed by atoms with Crippen molar-refractivity contribution in [1.82, 2.24) is 0 Å². The van der Waals surface area contributed by atoms with Crippen LogP contribution < -0.4 is 0 Å². The van der Waals surface area contributed by atoms with Crippen molar-refractivity contribution in [3.63, 3.8) is 0 Å². The van der Waals surface area contributed by atoms with Gasteiger partial charge in [-0.05, 0) is 86.3 Å². The van der Waals surface area contributed by atoms with Gasteiger partial charge in [0.05, 0.1) is 0 Å². The first-order valence-electron chi connectivity index (χ1n) is 9.16. The summed E-state index contributed by atoms with van der Waals surface area (Å²) in [5.41, 5.74) is 0.594. The van der Waals surface area contributed by atoms with E-state index in [4.69, 9.17) is 0 Å². The summed E-state index contributed by atoms with van der Waals surface area (Å²) in [6.45, 7) is 2.36. The van der Waals surface area contributed by atoms with Gasteiger partial charge in [0.1, 0.15) is 0 Å². The van der Waals surface area contributed by atoms with Gasteiger partial charge in [0, 0.05) is 2.85 Å². The molecule has 0 nitrogen and oxygen atoms in total. The number of halogens is 3. The molecule has 2 aliphatic rings. The molecule has 3 heteroatoms. The lowest BCUT2D eigenvalue weighted by Gasteiger charge is -2.37. The lowest BCUT2D eigenvalue weighted by atomic mass is 9.69. The van der Waals surface area contributed by atoms with E-state index in [2.05, 4.69) is 6.92 Å². The van der Waals surface area contributed by atoms with Crippen LogP contribution in [0.15, 0.2) is 12.1 Å². The number of benzene rings is 1. The molecule has 0 radical (unpaired) electrons. The van der Waals surface area contributed by atoms with Crippen molar-refractivity contribution in [2.24, 2.45) is 23.7 Å². The summed E-state index contributed by atoms with van der Waals surface area (Å²) in [6.07, 6.45) is 10.9. The van der Waals surface area contributed by atoms with E-state index in [1.807, 2.05) is 0 Å². The van der Waals surface area contributed by atoms with Gasteiger partial charge in [-0.15, -0.1) is 0 Å². The lowest BCUT2D eigenvalue weighted by Crippen LogP contribution is -2.25. The van der Waals surface area contributed by atoms with Crippen LogP contribution in [0.25, 0.3) is 0 Å². The van der Waals surface area contributed by atoms with Crippen molar-refractivity contribution < 1.29 is 16.0 Å². The van der Waals surface area contributed by atoms with Crippen LogP contribution in [-0.2, 0) is 6.42 Å². The van der Waals surface area contributed by atoms with Crippen LogP contribution in [0.1, 0.15) is 66.7 Å². The van der Waals surface area contributed by atoms with E-state index in [0.29, 0.717) is 17.9 Å². The number of rotatable bonds is 3. The standard InChI is InChI=1S/C20H27F3.2H2/c1-13-2-6-16(7-3-13)17-8-4-14(5-9-17)10-15-11-18(21)20(23)19(22)12-15;;/h11-14,16-17H,2-10H2,1H3;2*1H. The molecule has 0 aromatic heterocycles. The zero-order valence-electron chi connectivity index (χ0n) is 14.0. The highest BCUT2D eigenvalue weighted by Crippen LogP contribution is 2.41. The molecule has 2 saturated carbocycles. The van der Waals surface area contributed by atoms with Gasteiger partial charge in [0.25, 0.3) is 0 Å². The van der Waals surface area contributed by atoms with Crippen LogP contribution in [0.2, 0.25) is 0 Å². The van der Waals surface area contributed by atoms with Gasteiger partial charge in [-0.2, -0.15) is 0 Å². The second-order valence-electron chi connectivity index (χ2n) is 7.88. The van der Waals surface area contributed by atoms with Gasteiger partial charge in [-0.1, -0.05) is 19.8 Å². The summed E-state index contributed by atoms with van der Waals surface area (Å²) < 4.78 is 39.7. The Balaban J connectivity index is 0.00000156. The Kier molecular flexibility index (Phi) is 5.33. The predicted molar refractivity (Wildman–Crippen MR) is 90.8 cm³/mol. The van der Waals surface area contributed by atoms with E-state index >= 15 is 0 Å². The maximum Gasteiger partial charge on any atom is 0.194 e. The van der Waals surface area contributed by atoms with E-state index in [9.17, 15) is 13.2 Å². The summed E-state index contributed by atoms with van der Waals surface area (Å²) in [5, 5.41) is 0. The van der Waals surface area contributed by atoms with Crippen molar-refractivity contribution in [1.29, 1.82) is 0 Å². The van der Waals surface area contributed by atoms with E-state index in [-0.39, 0.29) is 2.85 Å². The molecule has 3 rings (SSSR count). The topological polar surface area (TPSA) is 0 Å². The molecule has 0 bridgehead atoms. The molecule has 0 atom stereocenters. The Hall–Kier alpha value is -0.990. The molecule has 0 heterocycles. The molecule has 0 spiro atoms. The van der Waals surface area contributed by atoms with E-state index < -0.39 is 17.5 Å². The average molecular weight is 328 g/mol. The van der Waals surface area contributed by atoms with Crippen LogP contribution in [0, 0.1) is 41.1 Å². The second-order valence-corrected chi connectivity index (χ2v) is 7.88. The first-order chi connectivity index (χ1) is 11.0. The van der Waals surface area contributed by atoms with Gasteiger partial charge in [-0.25, -0.2) is 13.2 Å². The van der Waals surface area contributed by atoms with Crippen molar-refractivity contribution in [2.75, 3.05) is 0 Å². The van der Waals surface area contributed by atoms with Gasteiger partial charge in [0.2, 0.25) is 0 Å². The zero-order valence-corrected chi connectivity index (χ0v) is 14.0. The molecule has 1 aromatic carbocycles. The molecule has 1 aromatic rings. The third-order valence-corrected chi connectivity index (χ3v) is 6.19. The summed E-state index contributed by atoms with van der Waals surface area (Å²) in [7, 11) is 0. The van der Waals surface area contributed by atoms with Crippen LogP contribution in [0.3, 0.4) is 0 Å². The Morgan fingerprint density at radius 1 is 0.826 bits per heavy atom. The maximum absolute atomic E-state index is 13.3. The summed E-state index contributed by atoms with van der Waals surface area (Å²) in [6, 6.07) is 2.32. The van der Waals surface area contributed by atoms with Crippen LogP contribution in [0.4, 0.5) is 13.2 Å². The first kappa shape index (κ1) is 16.9.